The molecule has 0 aliphatic rings. The second-order valence-corrected chi connectivity index (χ2v) is 5.62. The molecule has 0 radical (unpaired) electrons. The maximum Gasteiger partial charge on any atom is 0.237 e. The zero-order chi connectivity index (χ0) is 13.8. The van der Waals surface area contributed by atoms with Gasteiger partial charge in [0.1, 0.15) is 0 Å². The van der Waals surface area contributed by atoms with Gasteiger partial charge in [0.15, 0.2) is 5.16 Å². The number of aromatic amines is 1. The smallest absolute Gasteiger partial charge is 0.237 e. The first kappa shape index (κ1) is 13.8. The van der Waals surface area contributed by atoms with Crippen molar-refractivity contribution < 1.29 is 4.79 Å². The number of nitrogens with one attached hydrogen (secondary N) is 2. The summed E-state index contributed by atoms with van der Waals surface area (Å²) < 4.78 is 0. The van der Waals surface area contributed by atoms with Gasteiger partial charge < -0.3 is 16.0 Å². The predicted molar refractivity (Wildman–Crippen MR) is 78.4 cm³/mol. The SMILES string of the molecule is CC(Sc1ncc[nH]1)C(=O)Nc1ccc(Cl)c(N)c1. The molecule has 1 heterocycles. The quantitative estimate of drug-likeness (QED) is 0.598. The number of nitrogen functional groups attached to an aromatic ring is 1. The topological polar surface area (TPSA) is 83.8 Å². The number of benzene rings is 1. The van der Waals surface area contributed by atoms with Gasteiger partial charge in [-0.15, -0.1) is 0 Å². The van der Waals surface area contributed by atoms with Crippen molar-refractivity contribution in [2.45, 2.75) is 17.3 Å². The summed E-state index contributed by atoms with van der Waals surface area (Å²) in [7, 11) is 0. The highest BCUT2D eigenvalue weighted by atomic mass is 35.5. The van der Waals surface area contributed by atoms with Crippen molar-refractivity contribution in [3.63, 3.8) is 0 Å². The molecule has 4 N–H and O–H groups in total. The molecule has 0 aliphatic carbocycles. The molecule has 1 atom stereocenters. The largest absolute Gasteiger partial charge is 0.397 e. The Morgan fingerprint density at radius 3 is 3.00 bits per heavy atom. The molecule has 100 valence electrons. The Kier molecular flexibility index (Phi) is 4.34. The van der Waals surface area contributed by atoms with Crippen LogP contribution < -0.4 is 11.1 Å². The molecule has 0 aliphatic heterocycles. The maximum absolute atomic E-state index is 12.0. The number of thioether (sulfide) groups is 1. The summed E-state index contributed by atoms with van der Waals surface area (Å²) in [5.74, 6) is -0.122. The summed E-state index contributed by atoms with van der Waals surface area (Å²) in [6.45, 7) is 1.81. The van der Waals surface area contributed by atoms with Crippen LogP contribution in [-0.2, 0) is 4.79 Å². The molecule has 0 saturated carbocycles. The number of nitrogens with two attached hydrogens (primary N) is 1. The normalized spacial score (nSPS) is 12.1. The van der Waals surface area contributed by atoms with Gasteiger partial charge in [-0.25, -0.2) is 4.98 Å². The molecule has 0 spiro atoms. The number of H-pyrrole nitrogens is 1. The summed E-state index contributed by atoms with van der Waals surface area (Å²) in [5, 5.41) is 3.68. The fraction of sp³-hybridized carbons (Fsp3) is 0.167. The van der Waals surface area contributed by atoms with E-state index in [2.05, 4.69) is 15.3 Å². The van der Waals surface area contributed by atoms with Crippen molar-refractivity contribution in [2.24, 2.45) is 0 Å². The molecular formula is C12H13ClN4OS. The first-order valence-corrected chi connectivity index (χ1v) is 6.84. The van der Waals surface area contributed by atoms with E-state index >= 15 is 0 Å². The van der Waals surface area contributed by atoms with Gasteiger partial charge in [-0.2, -0.15) is 0 Å². The number of rotatable bonds is 4. The van der Waals surface area contributed by atoms with Gasteiger partial charge in [0.05, 0.1) is 16.0 Å². The van der Waals surface area contributed by atoms with Gasteiger partial charge in [-0.05, 0) is 25.1 Å². The number of anilines is 2. The Labute approximate surface area is 119 Å². The summed E-state index contributed by atoms with van der Waals surface area (Å²) >= 11 is 7.17. The highest BCUT2D eigenvalue weighted by Crippen LogP contribution is 2.24. The average molecular weight is 297 g/mol. The van der Waals surface area contributed by atoms with E-state index in [1.165, 1.54) is 11.8 Å². The molecular weight excluding hydrogens is 284 g/mol. The van der Waals surface area contributed by atoms with E-state index in [4.69, 9.17) is 17.3 Å². The van der Waals surface area contributed by atoms with Crippen LogP contribution in [0.4, 0.5) is 11.4 Å². The lowest BCUT2D eigenvalue weighted by Gasteiger charge is -2.11. The van der Waals surface area contributed by atoms with Gasteiger partial charge in [-0.1, -0.05) is 23.4 Å². The minimum absolute atomic E-state index is 0.122. The Morgan fingerprint density at radius 2 is 2.37 bits per heavy atom. The van der Waals surface area contributed by atoms with Crippen molar-refractivity contribution in [1.82, 2.24) is 9.97 Å². The van der Waals surface area contributed by atoms with Crippen LogP contribution in [0, 0.1) is 0 Å². The third-order valence-corrected chi connectivity index (χ3v) is 3.75. The van der Waals surface area contributed by atoms with Crippen LogP contribution in [0.25, 0.3) is 0 Å². The van der Waals surface area contributed by atoms with Crippen LogP contribution in [0.5, 0.6) is 0 Å². The maximum atomic E-state index is 12.0. The second-order valence-electron chi connectivity index (χ2n) is 3.88. The number of carbonyl (C=O) groups is 1. The number of hydrogen-bond donors (Lipinski definition) is 3. The van der Waals surface area contributed by atoms with E-state index in [0.717, 1.165) is 0 Å². The second kappa shape index (κ2) is 5.99. The average Bonchev–Trinajstić information content (AvgIpc) is 2.86. The van der Waals surface area contributed by atoms with E-state index in [1.807, 2.05) is 6.92 Å². The van der Waals surface area contributed by atoms with Gasteiger partial charge in [0.2, 0.25) is 5.91 Å². The highest BCUT2D eigenvalue weighted by molar-refractivity contribution is 8.00. The Hall–Kier alpha value is -1.66. The van der Waals surface area contributed by atoms with Crippen molar-refractivity contribution in [1.29, 1.82) is 0 Å². The first-order chi connectivity index (χ1) is 9.06. The zero-order valence-corrected chi connectivity index (χ0v) is 11.8. The minimum Gasteiger partial charge on any atom is -0.397 e. The highest BCUT2D eigenvalue weighted by Gasteiger charge is 2.15. The number of halogens is 1. The predicted octanol–water partition coefficient (Wildman–Crippen LogP) is 2.76. The number of hydrogen-bond acceptors (Lipinski definition) is 4. The van der Waals surface area contributed by atoms with Gasteiger partial charge in [0, 0.05) is 18.1 Å². The van der Waals surface area contributed by atoms with E-state index in [9.17, 15) is 4.79 Å². The first-order valence-electron chi connectivity index (χ1n) is 5.58. The number of imidazole rings is 1. The molecule has 1 aromatic carbocycles. The van der Waals surface area contributed by atoms with Crippen molar-refractivity contribution in [2.75, 3.05) is 11.1 Å². The lowest BCUT2D eigenvalue weighted by atomic mass is 10.2. The molecule has 19 heavy (non-hydrogen) atoms. The fourth-order valence-electron chi connectivity index (χ4n) is 1.40. The lowest BCUT2D eigenvalue weighted by molar-refractivity contribution is -0.115. The van der Waals surface area contributed by atoms with Crippen LogP contribution >= 0.6 is 23.4 Å². The van der Waals surface area contributed by atoms with Crippen molar-refractivity contribution in [3.05, 3.63) is 35.6 Å². The monoisotopic (exact) mass is 296 g/mol. The lowest BCUT2D eigenvalue weighted by Crippen LogP contribution is -2.22. The van der Waals surface area contributed by atoms with Crippen LogP contribution in [0.3, 0.4) is 0 Å². The molecule has 1 aromatic heterocycles. The number of aromatic nitrogens is 2. The molecule has 1 unspecified atom stereocenters. The molecule has 7 heteroatoms. The van der Waals surface area contributed by atoms with Crippen molar-refractivity contribution in [3.8, 4) is 0 Å². The van der Waals surface area contributed by atoms with E-state index in [-0.39, 0.29) is 11.2 Å². The Morgan fingerprint density at radius 1 is 1.58 bits per heavy atom. The van der Waals surface area contributed by atoms with Crippen LogP contribution in [0.1, 0.15) is 6.92 Å². The molecule has 2 rings (SSSR count). The number of amides is 1. The van der Waals surface area contributed by atoms with Crippen LogP contribution in [-0.4, -0.2) is 21.1 Å². The summed E-state index contributed by atoms with van der Waals surface area (Å²) in [5.41, 5.74) is 6.74. The van der Waals surface area contributed by atoms with Crippen LogP contribution in [0.15, 0.2) is 35.7 Å². The molecule has 0 fully saturated rings. The van der Waals surface area contributed by atoms with Gasteiger partial charge >= 0.3 is 0 Å². The third kappa shape index (κ3) is 3.65. The van der Waals surface area contributed by atoms with E-state index in [0.29, 0.717) is 21.6 Å². The molecule has 2 aromatic rings. The van der Waals surface area contributed by atoms with E-state index in [1.54, 1.807) is 30.6 Å². The van der Waals surface area contributed by atoms with Crippen LogP contribution in [0.2, 0.25) is 5.02 Å². The fourth-order valence-corrected chi connectivity index (χ4v) is 2.28. The zero-order valence-electron chi connectivity index (χ0n) is 10.2. The molecule has 0 bridgehead atoms. The molecule has 1 amide bonds. The number of nitrogens with zero attached hydrogens (tertiary/aromatic N) is 1. The van der Waals surface area contributed by atoms with E-state index < -0.39 is 0 Å². The summed E-state index contributed by atoms with van der Waals surface area (Å²) in [4.78, 5) is 19.0. The van der Waals surface area contributed by atoms with Crippen molar-refractivity contribution >= 4 is 40.6 Å². The van der Waals surface area contributed by atoms with Gasteiger partial charge in [-0.3, -0.25) is 4.79 Å². The third-order valence-electron chi connectivity index (χ3n) is 2.39. The summed E-state index contributed by atoms with van der Waals surface area (Å²) in [6.07, 6.45) is 3.36. The van der Waals surface area contributed by atoms with Gasteiger partial charge in [0.25, 0.3) is 0 Å². The Balaban J connectivity index is 1.98. The summed E-state index contributed by atoms with van der Waals surface area (Å²) in [6, 6.07) is 4.99. The molecule has 5 nitrogen and oxygen atoms in total. The molecule has 0 saturated heterocycles. The minimum atomic E-state index is -0.275. The Bertz CT molecular complexity index is 573. The standard InChI is InChI=1S/C12H13ClN4OS/c1-7(19-12-15-4-5-16-12)11(18)17-8-2-3-9(13)10(14)6-8/h2-7H,14H2,1H3,(H,15,16)(H,17,18). The number of carbonyl (C=O) groups excluding carboxylic acids is 1.